The molecule has 0 radical (unpaired) electrons. The Morgan fingerprint density at radius 2 is 1.80 bits per heavy atom. The SMILES string of the molecule is CC[C@H](C)[C@H](N)C(=O)NC(c1ccc(Cl)cc1)C(C)C. The van der Waals surface area contributed by atoms with Crippen molar-refractivity contribution in [1.29, 1.82) is 0 Å². The molecule has 0 saturated carbocycles. The minimum Gasteiger partial charge on any atom is -0.348 e. The molecular formula is C16H25ClN2O. The van der Waals surface area contributed by atoms with Crippen LogP contribution in [-0.2, 0) is 4.79 Å². The first-order valence-corrected chi connectivity index (χ1v) is 7.56. The summed E-state index contributed by atoms with van der Waals surface area (Å²) in [7, 11) is 0. The molecule has 0 aliphatic carbocycles. The number of carbonyl (C=O) groups is 1. The second-order valence-corrected chi connectivity index (χ2v) is 6.13. The van der Waals surface area contributed by atoms with E-state index in [0.29, 0.717) is 5.02 Å². The first-order chi connectivity index (χ1) is 9.36. The highest BCUT2D eigenvalue weighted by Crippen LogP contribution is 2.23. The van der Waals surface area contributed by atoms with Gasteiger partial charge in [-0.3, -0.25) is 4.79 Å². The highest BCUT2D eigenvalue weighted by atomic mass is 35.5. The van der Waals surface area contributed by atoms with Crippen LogP contribution < -0.4 is 11.1 Å². The largest absolute Gasteiger partial charge is 0.348 e. The van der Waals surface area contributed by atoms with Gasteiger partial charge in [0.2, 0.25) is 5.91 Å². The summed E-state index contributed by atoms with van der Waals surface area (Å²) in [6, 6.07) is 7.06. The summed E-state index contributed by atoms with van der Waals surface area (Å²) in [4.78, 5) is 12.2. The molecule has 0 aliphatic rings. The van der Waals surface area contributed by atoms with Crippen LogP contribution in [-0.4, -0.2) is 11.9 Å². The zero-order chi connectivity index (χ0) is 15.3. The lowest BCUT2D eigenvalue weighted by atomic mass is 9.94. The quantitative estimate of drug-likeness (QED) is 0.844. The van der Waals surface area contributed by atoms with Crippen LogP contribution in [0.15, 0.2) is 24.3 Å². The molecule has 3 atom stereocenters. The molecule has 0 aliphatic heterocycles. The zero-order valence-corrected chi connectivity index (χ0v) is 13.4. The van der Waals surface area contributed by atoms with Crippen molar-refractivity contribution in [2.75, 3.05) is 0 Å². The van der Waals surface area contributed by atoms with Crippen LogP contribution >= 0.6 is 11.6 Å². The van der Waals surface area contributed by atoms with Gasteiger partial charge in [-0.25, -0.2) is 0 Å². The van der Waals surface area contributed by atoms with Crippen molar-refractivity contribution in [2.45, 2.75) is 46.2 Å². The second-order valence-electron chi connectivity index (χ2n) is 5.69. The van der Waals surface area contributed by atoms with Crippen molar-refractivity contribution >= 4 is 17.5 Å². The van der Waals surface area contributed by atoms with Gasteiger partial charge in [-0.15, -0.1) is 0 Å². The van der Waals surface area contributed by atoms with Crippen molar-refractivity contribution < 1.29 is 4.79 Å². The lowest BCUT2D eigenvalue weighted by Crippen LogP contribution is -2.46. The number of benzene rings is 1. The van der Waals surface area contributed by atoms with Gasteiger partial charge in [-0.1, -0.05) is 57.8 Å². The second kappa shape index (κ2) is 7.65. The highest BCUT2D eigenvalue weighted by molar-refractivity contribution is 6.30. The molecule has 1 aromatic rings. The van der Waals surface area contributed by atoms with E-state index in [-0.39, 0.29) is 23.8 Å². The van der Waals surface area contributed by atoms with E-state index in [0.717, 1.165) is 12.0 Å². The van der Waals surface area contributed by atoms with Crippen LogP contribution in [0.1, 0.15) is 45.7 Å². The van der Waals surface area contributed by atoms with E-state index in [1.54, 1.807) is 0 Å². The van der Waals surface area contributed by atoms with E-state index in [1.165, 1.54) is 0 Å². The van der Waals surface area contributed by atoms with Crippen LogP contribution in [0.2, 0.25) is 5.02 Å². The molecule has 1 rings (SSSR count). The van der Waals surface area contributed by atoms with Crippen LogP contribution in [0.25, 0.3) is 0 Å². The fourth-order valence-corrected chi connectivity index (χ4v) is 2.19. The molecular weight excluding hydrogens is 272 g/mol. The Morgan fingerprint density at radius 1 is 1.25 bits per heavy atom. The van der Waals surface area contributed by atoms with E-state index in [4.69, 9.17) is 17.3 Å². The number of carbonyl (C=O) groups excluding carboxylic acids is 1. The number of hydrogen-bond donors (Lipinski definition) is 2. The topological polar surface area (TPSA) is 55.1 Å². The third-order valence-electron chi connectivity index (χ3n) is 3.75. The summed E-state index contributed by atoms with van der Waals surface area (Å²) in [5.41, 5.74) is 7.04. The van der Waals surface area contributed by atoms with Gasteiger partial charge in [0.15, 0.2) is 0 Å². The number of nitrogens with one attached hydrogen (secondary N) is 1. The van der Waals surface area contributed by atoms with Gasteiger partial charge >= 0.3 is 0 Å². The van der Waals surface area contributed by atoms with Crippen molar-refractivity contribution in [1.82, 2.24) is 5.32 Å². The number of nitrogens with two attached hydrogens (primary N) is 1. The average molecular weight is 297 g/mol. The van der Waals surface area contributed by atoms with Gasteiger partial charge < -0.3 is 11.1 Å². The Morgan fingerprint density at radius 3 is 2.25 bits per heavy atom. The molecule has 1 unspecified atom stereocenters. The highest BCUT2D eigenvalue weighted by Gasteiger charge is 2.24. The smallest absolute Gasteiger partial charge is 0.237 e. The van der Waals surface area contributed by atoms with Crippen LogP contribution in [0, 0.1) is 11.8 Å². The Hall–Kier alpha value is -1.06. The summed E-state index contributed by atoms with van der Waals surface area (Å²) < 4.78 is 0. The standard InChI is InChI=1S/C16H25ClN2O/c1-5-11(4)14(18)16(20)19-15(10(2)3)12-6-8-13(17)9-7-12/h6-11,14-15H,5,18H2,1-4H3,(H,19,20)/t11-,14-,15?/m0/s1. The molecule has 0 spiro atoms. The van der Waals surface area contributed by atoms with Crippen molar-refractivity contribution in [2.24, 2.45) is 17.6 Å². The first kappa shape index (κ1) is 17.0. The fraction of sp³-hybridized carbons (Fsp3) is 0.562. The Balaban J connectivity index is 2.83. The molecule has 0 bridgehead atoms. The van der Waals surface area contributed by atoms with Crippen molar-refractivity contribution in [3.8, 4) is 0 Å². The summed E-state index contributed by atoms with van der Waals surface area (Å²) in [6.07, 6.45) is 0.891. The maximum Gasteiger partial charge on any atom is 0.237 e. The Kier molecular flexibility index (Phi) is 6.50. The molecule has 3 N–H and O–H groups in total. The summed E-state index contributed by atoms with van der Waals surface area (Å²) >= 11 is 5.91. The maximum atomic E-state index is 12.2. The third-order valence-corrected chi connectivity index (χ3v) is 4.01. The van der Waals surface area contributed by atoms with Gasteiger partial charge in [-0.05, 0) is 29.5 Å². The summed E-state index contributed by atoms with van der Waals surface area (Å²) in [5.74, 6) is 0.366. The van der Waals surface area contributed by atoms with Crippen molar-refractivity contribution in [3.63, 3.8) is 0 Å². The Bertz CT molecular complexity index is 431. The summed E-state index contributed by atoms with van der Waals surface area (Å²) in [5, 5.41) is 3.75. The number of hydrogen-bond acceptors (Lipinski definition) is 2. The van der Waals surface area contributed by atoms with Gasteiger partial charge in [0, 0.05) is 5.02 Å². The third kappa shape index (κ3) is 4.50. The van der Waals surface area contributed by atoms with Gasteiger partial charge in [0.05, 0.1) is 12.1 Å². The zero-order valence-electron chi connectivity index (χ0n) is 12.7. The lowest BCUT2D eigenvalue weighted by Gasteiger charge is -2.26. The minimum absolute atomic E-state index is 0.0464. The summed E-state index contributed by atoms with van der Waals surface area (Å²) in [6.45, 7) is 8.19. The van der Waals surface area contributed by atoms with Crippen LogP contribution in [0.3, 0.4) is 0 Å². The molecule has 1 aromatic carbocycles. The van der Waals surface area contributed by atoms with E-state index in [9.17, 15) is 4.79 Å². The average Bonchev–Trinajstić information content (AvgIpc) is 2.43. The molecule has 4 heteroatoms. The maximum absolute atomic E-state index is 12.2. The number of amides is 1. The van der Waals surface area contributed by atoms with Crippen LogP contribution in [0.5, 0.6) is 0 Å². The molecule has 0 saturated heterocycles. The molecule has 0 fully saturated rings. The molecule has 112 valence electrons. The predicted molar refractivity (Wildman–Crippen MR) is 84.6 cm³/mol. The van der Waals surface area contributed by atoms with Gasteiger partial charge in [0.1, 0.15) is 0 Å². The van der Waals surface area contributed by atoms with Gasteiger partial charge in [0.25, 0.3) is 0 Å². The first-order valence-electron chi connectivity index (χ1n) is 7.18. The van der Waals surface area contributed by atoms with Crippen LogP contribution in [0.4, 0.5) is 0 Å². The number of halogens is 1. The van der Waals surface area contributed by atoms with E-state index in [1.807, 2.05) is 38.1 Å². The van der Waals surface area contributed by atoms with Gasteiger partial charge in [-0.2, -0.15) is 0 Å². The molecule has 0 heterocycles. The minimum atomic E-state index is -0.464. The Labute approximate surface area is 126 Å². The monoisotopic (exact) mass is 296 g/mol. The molecule has 0 aromatic heterocycles. The molecule has 1 amide bonds. The molecule has 20 heavy (non-hydrogen) atoms. The van der Waals surface area contributed by atoms with E-state index in [2.05, 4.69) is 19.2 Å². The fourth-order valence-electron chi connectivity index (χ4n) is 2.07. The van der Waals surface area contributed by atoms with E-state index < -0.39 is 6.04 Å². The predicted octanol–water partition coefficient (Wildman–Crippen LogP) is 3.53. The van der Waals surface area contributed by atoms with E-state index >= 15 is 0 Å². The van der Waals surface area contributed by atoms with Crippen molar-refractivity contribution in [3.05, 3.63) is 34.9 Å². The molecule has 3 nitrogen and oxygen atoms in total. The number of rotatable bonds is 6. The normalized spacial score (nSPS) is 15.8. The lowest BCUT2D eigenvalue weighted by molar-refractivity contribution is -0.124.